The molecule has 1 atom stereocenters. The summed E-state index contributed by atoms with van der Waals surface area (Å²) in [5.41, 5.74) is 0.849. The van der Waals surface area contributed by atoms with E-state index in [9.17, 15) is 9.59 Å². The molecule has 0 aliphatic heterocycles. The summed E-state index contributed by atoms with van der Waals surface area (Å²) in [7, 11) is 0. The van der Waals surface area contributed by atoms with Crippen LogP contribution in [0, 0.1) is 0 Å². The highest BCUT2D eigenvalue weighted by molar-refractivity contribution is 6.31. The number of esters is 1. The van der Waals surface area contributed by atoms with Crippen molar-refractivity contribution in [2.75, 3.05) is 0 Å². The fourth-order valence-corrected chi connectivity index (χ4v) is 2.26. The molecule has 2 aromatic rings. The lowest BCUT2D eigenvalue weighted by atomic mass is 10.1. The third kappa shape index (κ3) is 4.58. The number of pyridine rings is 1. The monoisotopic (exact) mass is 349 g/mol. The molecule has 6 nitrogen and oxygen atoms in total. The third-order valence-corrected chi connectivity index (χ3v) is 3.34. The van der Waals surface area contributed by atoms with E-state index in [2.05, 4.69) is 10.3 Å². The van der Waals surface area contributed by atoms with Gasteiger partial charge in [0.15, 0.2) is 11.3 Å². The maximum Gasteiger partial charge on any atom is 0.331 e. The number of carbonyl (C=O) groups is 2. The standard InChI is InChI=1S/C17H20ClN3O3/c1-11(16(23)20-17(2,3)4)24-14(22)9-8-12-15(18)19-13-7-5-6-10-21(12)13/h5-11H,1-4H3,(H,20,23)/b9-8+/t11-/m0/s1. The van der Waals surface area contributed by atoms with E-state index < -0.39 is 17.6 Å². The minimum Gasteiger partial charge on any atom is -0.449 e. The summed E-state index contributed by atoms with van der Waals surface area (Å²) in [6, 6.07) is 5.48. The predicted molar refractivity (Wildman–Crippen MR) is 92.7 cm³/mol. The highest BCUT2D eigenvalue weighted by Gasteiger charge is 2.21. The van der Waals surface area contributed by atoms with Crippen LogP contribution in [0.2, 0.25) is 5.15 Å². The number of hydrogen-bond acceptors (Lipinski definition) is 4. The molecule has 0 aliphatic rings. The topological polar surface area (TPSA) is 72.7 Å². The highest BCUT2D eigenvalue weighted by atomic mass is 35.5. The Bertz CT molecular complexity index is 790. The van der Waals surface area contributed by atoms with Crippen molar-refractivity contribution in [2.24, 2.45) is 0 Å². The fraction of sp³-hybridized carbons (Fsp3) is 0.353. The average Bonchev–Trinajstić information content (AvgIpc) is 2.78. The van der Waals surface area contributed by atoms with Crippen molar-refractivity contribution in [2.45, 2.75) is 39.3 Å². The van der Waals surface area contributed by atoms with Gasteiger partial charge in [0.25, 0.3) is 5.91 Å². The number of amides is 1. The van der Waals surface area contributed by atoms with Gasteiger partial charge in [0, 0.05) is 17.8 Å². The summed E-state index contributed by atoms with van der Waals surface area (Å²) in [4.78, 5) is 28.0. The molecule has 24 heavy (non-hydrogen) atoms. The number of fused-ring (bicyclic) bond motifs is 1. The second-order valence-corrected chi connectivity index (χ2v) is 6.73. The molecule has 0 unspecified atom stereocenters. The molecule has 2 heterocycles. The van der Waals surface area contributed by atoms with E-state index in [1.165, 1.54) is 19.1 Å². The van der Waals surface area contributed by atoms with Gasteiger partial charge in [-0.05, 0) is 45.9 Å². The zero-order valence-electron chi connectivity index (χ0n) is 14.0. The van der Waals surface area contributed by atoms with Gasteiger partial charge in [-0.3, -0.25) is 9.20 Å². The molecule has 0 saturated carbocycles. The number of nitrogens with one attached hydrogen (secondary N) is 1. The lowest BCUT2D eigenvalue weighted by Crippen LogP contribution is -2.46. The number of rotatable bonds is 4. The first-order chi connectivity index (χ1) is 11.2. The van der Waals surface area contributed by atoms with Crippen molar-refractivity contribution in [1.82, 2.24) is 14.7 Å². The van der Waals surface area contributed by atoms with Crippen molar-refractivity contribution in [3.63, 3.8) is 0 Å². The van der Waals surface area contributed by atoms with Crippen LogP contribution in [0.25, 0.3) is 11.7 Å². The number of carbonyl (C=O) groups excluding carboxylic acids is 2. The Morgan fingerprint density at radius 2 is 2.08 bits per heavy atom. The Labute approximate surface area is 145 Å². The van der Waals surface area contributed by atoms with Gasteiger partial charge in [-0.25, -0.2) is 9.78 Å². The number of aromatic nitrogens is 2. The second-order valence-electron chi connectivity index (χ2n) is 6.37. The summed E-state index contributed by atoms with van der Waals surface area (Å²) in [5.74, 6) is -0.981. The summed E-state index contributed by atoms with van der Waals surface area (Å²) in [6.07, 6.45) is 3.64. The van der Waals surface area contributed by atoms with Crippen LogP contribution < -0.4 is 5.32 Å². The van der Waals surface area contributed by atoms with Crippen molar-refractivity contribution in [3.8, 4) is 0 Å². The third-order valence-electron chi connectivity index (χ3n) is 3.06. The molecular formula is C17H20ClN3O3. The summed E-state index contributed by atoms with van der Waals surface area (Å²) in [6.45, 7) is 7.08. The number of halogens is 1. The number of imidazole rings is 1. The lowest BCUT2D eigenvalue weighted by Gasteiger charge is -2.22. The van der Waals surface area contributed by atoms with Gasteiger partial charge in [-0.2, -0.15) is 0 Å². The summed E-state index contributed by atoms with van der Waals surface area (Å²) < 4.78 is 6.85. The van der Waals surface area contributed by atoms with Crippen LogP contribution in [0.15, 0.2) is 30.5 Å². The van der Waals surface area contributed by atoms with Crippen LogP contribution in [0.4, 0.5) is 0 Å². The number of ether oxygens (including phenoxy) is 1. The average molecular weight is 350 g/mol. The molecule has 1 amide bonds. The van der Waals surface area contributed by atoms with Crippen molar-refractivity contribution in [3.05, 3.63) is 41.3 Å². The normalized spacial score (nSPS) is 13.2. The summed E-state index contributed by atoms with van der Waals surface area (Å²) in [5, 5.41) is 3.03. The lowest BCUT2D eigenvalue weighted by molar-refractivity contribution is -0.150. The van der Waals surface area contributed by atoms with Crippen LogP contribution in [0.5, 0.6) is 0 Å². The Morgan fingerprint density at radius 3 is 2.75 bits per heavy atom. The molecule has 128 valence electrons. The first-order valence-electron chi connectivity index (χ1n) is 7.51. The Kier molecular flexibility index (Phi) is 5.29. The van der Waals surface area contributed by atoms with Crippen molar-refractivity contribution in [1.29, 1.82) is 0 Å². The van der Waals surface area contributed by atoms with E-state index in [0.717, 1.165) is 0 Å². The molecule has 0 aliphatic carbocycles. The molecule has 7 heteroatoms. The van der Waals surface area contributed by atoms with Gasteiger partial charge < -0.3 is 10.1 Å². The first-order valence-corrected chi connectivity index (χ1v) is 7.88. The largest absolute Gasteiger partial charge is 0.449 e. The van der Waals surface area contributed by atoms with E-state index >= 15 is 0 Å². The predicted octanol–water partition coefficient (Wildman–Crippen LogP) is 2.85. The molecule has 0 aromatic carbocycles. The van der Waals surface area contributed by atoms with Gasteiger partial charge in [-0.1, -0.05) is 17.7 Å². The smallest absolute Gasteiger partial charge is 0.331 e. The minimum atomic E-state index is -0.890. The Hall–Kier alpha value is -2.34. The van der Waals surface area contributed by atoms with Crippen LogP contribution in [0.3, 0.4) is 0 Å². The zero-order valence-corrected chi connectivity index (χ0v) is 14.8. The fourth-order valence-electron chi connectivity index (χ4n) is 2.02. The molecule has 2 aromatic heterocycles. The van der Waals surface area contributed by atoms with E-state index in [-0.39, 0.29) is 11.1 Å². The molecule has 0 fully saturated rings. The van der Waals surface area contributed by atoms with E-state index in [0.29, 0.717) is 11.3 Å². The van der Waals surface area contributed by atoms with Crippen LogP contribution in [0.1, 0.15) is 33.4 Å². The van der Waals surface area contributed by atoms with Crippen molar-refractivity contribution >= 4 is 35.2 Å². The molecule has 0 bridgehead atoms. The molecule has 0 saturated heterocycles. The Balaban J connectivity index is 2.05. The maximum atomic E-state index is 11.9. The molecular weight excluding hydrogens is 330 g/mol. The van der Waals surface area contributed by atoms with Gasteiger partial charge in [0.05, 0.1) is 5.69 Å². The van der Waals surface area contributed by atoms with E-state index in [1.54, 1.807) is 16.7 Å². The minimum absolute atomic E-state index is 0.281. The van der Waals surface area contributed by atoms with Crippen LogP contribution >= 0.6 is 11.6 Å². The van der Waals surface area contributed by atoms with Gasteiger partial charge in [0.1, 0.15) is 5.65 Å². The number of hydrogen-bond donors (Lipinski definition) is 1. The summed E-state index contributed by atoms with van der Waals surface area (Å²) >= 11 is 6.08. The van der Waals surface area contributed by atoms with Gasteiger partial charge in [-0.15, -0.1) is 0 Å². The Morgan fingerprint density at radius 1 is 1.38 bits per heavy atom. The molecule has 0 spiro atoms. The highest BCUT2D eigenvalue weighted by Crippen LogP contribution is 2.18. The van der Waals surface area contributed by atoms with E-state index in [1.807, 2.05) is 32.9 Å². The SMILES string of the molecule is C[C@H](OC(=O)/C=C/c1c(Cl)nc2ccccn12)C(=O)NC(C)(C)C. The van der Waals surface area contributed by atoms with Crippen molar-refractivity contribution < 1.29 is 14.3 Å². The molecule has 1 N–H and O–H groups in total. The maximum absolute atomic E-state index is 11.9. The first kappa shape index (κ1) is 18.0. The molecule has 2 rings (SSSR count). The second kappa shape index (κ2) is 7.05. The quantitative estimate of drug-likeness (QED) is 0.680. The van der Waals surface area contributed by atoms with Gasteiger partial charge in [0.2, 0.25) is 0 Å². The molecule has 0 radical (unpaired) electrons. The van der Waals surface area contributed by atoms with Gasteiger partial charge >= 0.3 is 5.97 Å². The van der Waals surface area contributed by atoms with E-state index in [4.69, 9.17) is 16.3 Å². The van der Waals surface area contributed by atoms with Crippen LogP contribution in [-0.4, -0.2) is 32.9 Å². The number of nitrogens with zero attached hydrogens (tertiary/aromatic N) is 2. The zero-order chi connectivity index (χ0) is 17.9. The van der Waals surface area contributed by atoms with Crippen LogP contribution in [-0.2, 0) is 14.3 Å².